The van der Waals surface area contributed by atoms with Crippen LogP contribution in [-0.4, -0.2) is 63.9 Å². The first kappa shape index (κ1) is 37.1. The van der Waals surface area contributed by atoms with Crippen LogP contribution < -0.4 is 15.5 Å². The predicted octanol–water partition coefficient (Wildman–Crippen LogP) is 9.99. The van der Waals surface area contributed by atoms with Gasteiger partial charge in [-0.2, -0.15) is 0 Å². The lowest BCUT2D eigenvalue weighted by Crippen LogP contribution is -2.48. The van der Waals surface area contributed by atoms with E-state index in [4.69, 9.17) is 28.2 Å². The topological polar surface area (TPSA) is 96.6 Å². The van der Waals surface area contributed by atoms with E-state index in [2.05, 4.69) is 58.0 Å². The lowest BCUT2D eigenvalue weighted by Gasteiger charge is -2.34. The molecule has 0 spiro atoms. The van der Waals surface area contributed by atoms with Gasteiger partial charge < -0.3 is 30.3 Å². The molecule has 278 valence electrons. The van der Waals surface area contributed by atoms with Crippen molar-refractivity contribution in [2.75, 3.05) is 36.4 Å². The first-order valence-corrected chi connectivity index (χ1v) is 19.3. The van der Waals surface area contributed by atoms with Gasteiger partial charge in [-0.3, -0.25) is 4.79 Å². The van der Waals surface area contributed by atoms with Crippen LogP contribution in [0.2, 0.25) is 10.0 Å². The van der Waals surface area contributed by atoms with Crippen LogP contribution in [0.3, 0.4) is 0 Å². The summed E-state index contributed by atoms with van der Waals surface area (Å²) in [5.41, 5.74) is 6.26. The summed E-state index contributed by atoms with van der Waals surface area (Å²) in [6.45, 7) is 11.5. The van der Waals surface area contributed by atoms with Crippen molar-refractivity contribution < 1.29 is 9.59 Å². The molecule has 0 radical (unpaired) electrons. The SMILES string of the molecule is C=CN(/C(=C(\C)c1ccccc1)c1c(C(=O)Nc2cccnc2N2CCC(NC(=O)N3CCCC3)CC2)[nH]c2cc(Cl)ccc12)C(C)c1ccc(Cl)cc1. The second-order valence-corrected chi connectivity index (χ2v) is 14.8. The molecule has 5 aromatic rings. The molecular weight excluding hydrogens is 717 g/mol. The van der Waals surface area contributed by atoms with Crippen molar-refractivity contribution in [3.63, 3.8) is 0 Å². The molecule has 0 bridgehead atoms. The van der Waals surface area contributed by atoms with Gasteiger partial charge in [0.1, 0.15) is 5.69 Å². The summed E-state index contributed by atoms with van der Waals surface area (Å²) >= 11 is 12.8. The molecule has 2 aliphatic rings. The van der Waals surface area contributed by atoms with E-state index in [9.17, 15) is 9.59 Å². The molecule has 1 unspecified atom stereocenters. The molecule has 11 heteroatoms. The second kappa shape index (κ2) is 16.4. The number of carbonyl (C=O) groups is 2. The van der Waals surface area contributed by atoms with Crippen LogP contribution in [0.4, 0.5) is 16.3 Å². The van der Waals surface area contributed by atoms with Crippen molar-refractivity contribution in [2.45, 2.75) is 51.6 Å². The highest BCUT2D eigenvalue weighted by Gasteiger charge is 2.30. The fourth-order valence-corrected chi connectivity index (χ4v) is 7.92. The molecule has 1 atom stereocenters. The van der Waals surface area contributed by atoms with Gasteiger partial charge in [-0.15, -0.1) is 0 Å². The van der Waals surface area contributed by atoms with Crippen molar-refractivity contribution >= 4 is 68.8 Å². The fourth-order valence-electron chi connectivity index (χ4n) is 7.62. The van der Waals surface area contributed by atoms with Gasteiger partial charge >= 0.3 is 6.03 Å². The maximum atomic E-state index is 14.7. The van der Waals surface area contributed by atoms with Crippen LogP contribution in [-0.2, 0) is 0 Å². The molecule has 3 aromatic carbocycles. The third kappa shape index (κ3) is 7.84. The minimum atomic E-state index is -0.319. The Hall–Kier alpha value is -5.25. The standard InChI is InChI=1S/C43H45Cl2N7O2/c1-4-52(29(3)31-14-16-32(44)17-15-31)40(28(2)30-11-6-5-7-12-30)38-35-19-18-33(45)27-37(35)48-39(38)42(53)49-36-13-10-22-46-41(36)50-25-20-34(21-26-50)47-43(54)51-23-8-9-24-51/h4-7,10-19,22,27,29,34,48H,1,8-9,20-21,23-26H2,2-3H3,(H,47,54)(H,49,53)/b40-28+. The Balaban J connectivity index is 1.25. The number of piperidine rings is 1. The monoisotopic (exact) mass is 761 g/mol. The zero-order valence-corrected chi connectivity index (χ0v) is 32.1. The van der Waals surface area contributed by atoms with Crippen LogP contribution >= 0.6 is 23.2 Å². The van der Waals surface area contributed by atoms with Crippen molar-refractivity contribution in [2.24, 2.45) is 0 Å². The van der Waals surface area contributed by atoms with Gasteiger partial charge in [0.2, 0.25) is 0 Å². The molecule has 0 saturated carbocycles. The van der Waals surface area contributed by atoms with Gasteiger partial charge in [0.15, 0.2) is 5.82 Å². The molecule has 2 saturated heterocycles. The third-order valence-electron chi connectivity index (χ3n) is 10.6. The van der Waals surface area contributed by atoms with Crippen molar-refractivity contribution in [1.29, 1.82) is 0 Å². The summed E-state index contributed by atoms with van der Waals surface area (Å²) in [6, 6.07) is 27.2. The van der Waals surface area contributed by atoms with Crippen LogP contribution in [0.1, 0.15) is 72.8 Å². The molecule has 2 aromatic heterocycles. The smallest absolute Gasteiger partial charge is 0.317 e. The number of aromatic amines is 1. The van der Waals surface area contributed by atoms with Crippen LogP contribution in [0.15, 0.2) is 104 Å². The van der Waals surface area contributed by atoms with E-state index in [1.807, 2.05) is 83.9 Å². The summed E-state index contributed by atoms with van der Waals surface area (Å²) in [5, 5.41) is 8.49. The quantitative estimate of drug-likeness (QED) is 0.132. The lowest BCUT2D eigenvalue weighted by atomic mass is 9.95. The number of aromatic nitrogens is 2. The molecule has 4 heterocycles. The van der Waals surface area contributed by atoms with Crippen molar-refractivity contribution in [3.8, 4) is 0 Å². The zero-order chi connectivity index (χ0) is 37.8. The number of hydrogen-bond acceptors (Lipinski definition) is 5. The van der Waals surface area contributed by atoms with Crippen molar-refractivity contribution in [3.05, 3.63) is 136 Å². The number of carbonyl (C=O) groups excluding carboxylic acids is 2. The van der Waals surface area contributed by atoms with Gasteiger partial charge in [0.05, 0.1) is 17.4 Å². The largest absolute Gasteiger partial charge is 0.355 e. The number of allylic oxidation sites excluding steroid dienone is 1. The number of H-pyrrole nitrogens is 1. The number of rotatable bonds is 10. The number of fused-ring (bicyclic) bond motifs is 1. The number of nitrogens with one attached hydrogen (secondary N) is 3. The van der Waals surface area contributed by atoms with E-state index in [0.717, 1.165) is 77.6 Å². The summed E-state index contributed by atoms with van der Waals surface area (Å²) in [6.07, 6.45) is 7.25. The summed E-state index contributed by atoms with van der Waals surface area (Å²) in [7, 11) is 0. The maximum absolute atomic E-state index is 14.7. The lowest BCUT2D eigenvalue weighted by molar-refractivity contribution is 0.102. The van der Waals surface area contributed by atoms with Gasteiger partial charge in [-0.25, -0.2) is 9.78 Å². The average Bonchev–Trinajstić information content (AvgIpc) is 3.87. The molecule has 2 aliphatic heterocycles. The molecule has 9 nitrogen and oxygen atoms in total. The zero-order valence-electron chi connectivity index (χ0n) is 30.6. The van der Waals surface area contributed by atoms with Crippen molar-refractivity contribution in [1.82, 2.24) is 25.1 Å². The molecule has 0 aliphatic carbocycles. The number of hydrogen-bond donors (Lipinski definition) is 3. The Bertz CT molecular complexity index is 2170. The van der Waals surface area contributed by atoms with E-state index >= 15 is 0 Å². The molecule has 54 heavy (non-hydrogen) atoms. The summed E-state index contributed by atoms with van der Waals surface area (Å²) in [4.78, 5) is 41.8. The number of pyridine rings is 1. The highest BCUT2D eigenvalue weighted by Crippen LogP contribution is 2.41. The Labute approximate surface area is 326 Å². The minimum absolute atomic E-state index is 0.0284. The number of halogens is 2. The minimum Gasteiger partial charge on any atom is -0.355 e. The third-order valence-corrected chi connectivity index (χ3v) is 11.0. The Kier molecular flexibility index (Phi) is 11.3. The fraction of sp³-hybridized carbons (Fsp3) is 0.279. The number of amides is 3. The summed E-state index contributed by atoms with van der Waals surface area (Å²) < 4.78 is 0. The molecule has 3 amide bonds. The first-order chi connectivity index (χ1) is 26.2. The molecule has 2 fully saturated rings. The number of urea groups is 1. The average molecular weight is 763 g/mol. The maximum Gasteiger partial charge on any atom is 0.317 e. The second-order valence-electron chi connectivity index (χ2n) is 14.0. The van der Waals surface area contributed by atoms with E-state index in [-0.39, 0.29) is 24.0 Å². The first-order valence-electron chi connectivity index (χ1n) is 18.5. The van der Waals surface area contributed by atoms with E-state index in [1.54, 1.807) is 6.20 Å². The number of benzene rings is 3. The summed E-state index contributed by atoms with van der Waals surface area (Å²) in [5.74, 6) is 0.372. The number of likely N-dealkylation sites (tertiary alicyclic amines) is 1. The molecular formula is C43H45Cl2N7O2. The van der Waals surface area contributed by atoms with E-state index in [0.29, 0.717) is 40.3 Å². The number of nitrogens with zero attached hydrogens (tertiary/aromatic N) is 4. The van der Waals surface area contributed by atoms with Gasteiger partial charge in [0.25, 0.3) is 5.91 Å². The van der Waals surface area contributed by atoms with Gasteiger partial charge in [-0.1, -0.05) is 78.3 Å². The molecule has 3 N–H and O–H groups in total. The predicted molar refractivity (Wildman–Crippen MR) is 221 cm³/mol. The molecule has 7 rings (SSSR count). The van der Waals surface area contributed by atoms with E-state index in [1.165, 1.54) is 0 Å². The highest BCUT2D eigenvalue weighted by molar-refractivity contribution is 6.31. The Morgan fingerprint density at radius 3 is 2.35 bits per heavy atom. The van der Waals surface area contributed by atoms with Crippen LogP contribution in [0.5, 0.6) is 0 Å². The van der Waals surface area contributed by atoms with Crippen LogP contribution in [0.25, 0.3) is 22.2 Å². The Morgan fingerprint density at radius 1 is 0.944 bits per heavy atom. The normalized spacial score (nSPS) is 15.9. The Morgan fingerprint density at radius 2 is 1.65 bits per heavy atom. The van der Waals surface area contributed by atoms with Gasteiger partial charge in [-0.05, 0) is 98.8 Å². The van der Waals surface area contributed by atoms with Crippen LogP contribution in [0, 0.1) is 0 Å². The van der Waals surface area contributed by atoms with E-state index < -0.39 is 0 Å². The van der Waals surface area contributed by atoms with Gasteiger partial charge in [0, 0.05) is 64.9 Å². The highest BCUT2D eigenvalue weighted by atomic mass is 35.5. The number of anilines is 2.